The molecule has 1 amide bonds. The van der Waals surface area contributed by atoms with E-state index in [4.69, 9.17) is 0 Å². The Morgan fingerprint density at radius 1 is 1.17 bits per heavy atom. The maximum absolute atomic E-state index is 11.8. The molecule has 2 heterocycles. The number of carbonyl (C=O) groups excluding carboxylic acids is 1. The summed E-state index contributed by atoms with van der Waals surface area (Å²) in [5.74, 6) is -0.159. The Morgan fingerprint density at radius 2 is 2.00 bits per heavy atom. The first-order valence-corrected chi connectivity index (χ1v) is 6.22. The molecule has 0 radical (unpaired) electrons. The molecular formula is C12H9N3O2S. The summed E-state index contributed by atoms with van der Waals surface area (Å²) in [6.07, 6.45) is 0. The van der Waals surface area contributed by atoms with E-state index < -0.39 is 0 Å². The first-order valence-electron chi connectivity index (χ1n) is 5.28. The van der Waals surface area contributed by atoms with Crippen molar-refractivity contribution in [2.24, 2.45) is 0 Å². The molecule has 2 aromatic heterocycles. The average molecular weight is 259 g/mol. The van der Waals surface area contributed by atoms with Crippen molar-refractivity contribution in [3.05, 3.63) is 51.1 Å². The summed E-state index contributed by atoms with van der Waals surface area (Å²) < 4.78 is 0. The van der Waals surface area contributed by atoms with Crippen LogP contribution in [0.1, 0.15) is 10.4 Å². The maximum Gasteiger partial charge on any atom is 0.323 e. The minimum Gasteiger partial charge on any atom is -0.322 e. The molecule has 0 aliphatic rings. The molecule has 3 aromatic rings. The summed E-state index contributed by atoms with van der Waals surface area (Å²) >= 11 is 1.47. The summed E-state index contributed by atoms with van der Waals surface area (Å²) in [7, 11) is 0. The van der Waals surface area contributed by atoms with Crippen molar-refractivity contribution < 1.29 is 4.79 Å². The third-order valence-corrected chi connectivity index (χ3v) is 3.24. The van der Waals surface area contributed by atoms with Crippen molar-refractivity contribution >= 4 is 34.0 Å². The van der Waals surface area contributed by atoms with E-state index in [1.54, 1.807) is 29.6 Å². The second-order valence-corrected chi connectivity index (χ2v) is 4.59. The van der Waals surface area contributed by atoms with Crippen molar-refractivity contribution in [3.63, 3.8) is 0 Å². The fraction of sp³-hybridized carbons (Fsp3) is 0. The summed E-state index contributed by atoms with van der Waals surface area (Å²) in [5, 5.41) is 6.41. The number of aromatic amines is 2. The van der Waals surface area contributed by atoms with Crippen molar-refractivity contribution in [2.45, 2.75) is 0 Å². The van der Waals surface area contributed by atoms with Gasteiger partial charge in [-0.2, -0.15) is 11.3 Å². The molecule has 18 heavy (non-hydrogen) atoms. The van der Waals surface area contributed by atoms with Gasteiger partial charge in [-0.3, -0.25) is 4.79 Å². The van der Waals surface area contributed by atoms with E-state index in [0.717, 1.165) is 0 Å². The minimum atomic E-state index is -0.258. The van der Waals surface area contributed by atoms with Gasteiger partial charge in [0.15, 0.2) is 0 Å². The van der Waals surface area contributed by atoms with Crippen LogP contribution in [0.25, 0.3) is 11.0 Å². The van der Waals surface area contributed by atoms with Crippen LogP contribution in [0.2, 0.25) is 0 Å². The SMILES string of the molecule is O=C(Nc1ccc2[nH]c(=O)[nH]c2c1)c1ccsc1. The van der Waals surface area contributed by atoms with Crippen LogP contribution in [0.3, 0.4) is 0 Å². The topological polar surface area (TPSA) is 77.8 Å². The number of hydrogen-bond donors (Lipinski definition) is 3. The van der Waals surface area contributed by atoms with E-state index in [-0.39, 0.29) is 11.6 Å². The molecule has 0 aliphatic carbocycles. The number of carbonyl (C=O) groups is 1. The van der Waals surface area contributed by atoms with E-state index in [0.29, 0.717) is 22.3 Å². The molecule has 0 spiro atoms. The van der Waals surface area contributed by atoms with E-state index >= 15 is 0 Å². The Labute approximate surface area is 105 Å². The number of imidazole rings is 1. The second-order valence-electron chi connectivity index (χ2n) is 3.81. The predicted octanol–water partition coefficient (Wildman–Crippen LogP) is 2.17. The zero-order valence-electron chi connectivity index (χ0n) is 9.19. The molecular weight excluding hydrogens is 250 g/mol. The van der Waals surface area contributed by atoms with Crippen molar-refractivity contribution in [1.29, 1.82) is 0 Å². The number of fused-ring (bicyclic) bond motifs is 1. The average Bonchev–Trinajstić information content (AvgIpc) is 2.95. The van der Waals surface area contributed by atoms with Crippen LogP contribution in [-0.2, 0) is 0 Å². The molecule has 5 nitrogen and oxygen atoms in total. The molecule has 3 N–H and O–H groups in total. The van der Waals surface area contributed by atoms with Crippen LogP contribution >= 0.6 is 11.3 Å². The first kappa shape index (κ1) is 10.8. The van der Waals surface area contributed by atoms with Gasteiger partial charge >= 0.3 is 5.69 Å². The zero-order valence-corrected chi connectivity index (χ0v) is 10.0. The lowest BCUT2D eigenvalue weighted by Gasteiger charge is -2.03. The lowest BCUT2D eigenvalue weighted by atomic mass is 10.2. The minimum absolute atomic E-state index is 0.159. The third kappa shape index (κ3) is 1.93. The van der Waals surface area contributed by atoms with Crippen LogP contribution < -0.4 is 11.0 Å². The number of amides is 1. The quantitative estimate of drug-likeness (QED) is 0.659. The summed E-state index contributed by atoms with van der Waals surface area (Å²) in [4.78, 5) is 28.2. The number of thiophene rings is 1. The zero-order chi connectivity index (χ0) is 12.5. The Kier molecular flexibility index (Phi) is 2.49. The number of rotatable bonds is 2. The smallest absolute Gasteiger partial charge is 0.322 e. The lowest BCUT2D eigenvalue weighted by Crippen LogP contribution is -2.10. The number of H-pyrrole nitrogens is 2. The van der Waals surface area contributed by atoms with Crippen molar-refractivity contribution in [1.82, 2.24) is 9.97 Å². The van der Waals surface area contributed by atoms with E-state index in [1.165, 1.54) is 11.3 Å². The van der Waals surface area contributed by atoms with Gasteiger partial charge in [0.1, 0.15) is 0 Å². The monoisotopic (exact) mass is 259 g/mol. The number of aromatic nitrogens is 2. The summed E-state index contributed by atoms with van der Waals surface area (Å²) in [5.41, 5.74) is 2.40. The highest BCUT2D eigenvalue weighted by Gasteiger charge is 2.07. The van der Waals surface area contributed by atoms with E-state index in [9.17, 15) is 9.59 Å². The van der Waals surface area contributed by atoms with Crippen molar-refractivity contribution in [3.8, 4) is 0 Å². The number of benzene rings is 1. The van der Waals surface area contributed by atoms with Gasteiger partial charge in [0.05, 0.1) is 16.6 Å². The Bertz CT molecular complexity index is 755. The fourth-order valence-corrected chi connectivity index (χ4v) is 2.34. The largest absolute Gasteiger partial charge is 0.323 e. The van der Waals surface area contributed by atoms with Crippen LogP contribution in [-0.4, -0.2) is 15.9 Å². The standard InChI is InChI=1S/C12H9N3O2S/c16-11(7-3-4-18-6-7)13-8-1-2-9-10(5-8)15-12(17)14-9/h1-6H,(H,13,16)(H2,14,15,17). The van der Waals surface area contributed by atoms with Gasteiger partial charge in [0.25, 0.3) is 5.91 Å². The predicted molar refractivity (Wildman–Crippen MR) is 71.2 cm³/mol. The molecule has 0 bridgehead atoms. The van der Waals surface area contributed by atoms with Gasteiger partial charge in [0, 0.05) is 11.1 Å². The molecule has 3 rings (SSSR count). The first-order chi connectivity index (χ1) is 8.72. The molecule has 0 saturated carbocycles. The van der Waals surface area contributed by atoms with Crippen LogP contribution in [0.4, 0.5) is 5.69 Å². The highest BCUT2D eigenvalue weighted by atomic mass is 32.1. The van der Waals surface area contributed by atoms with Crippen molar-refractivity contribution in [2.75, 3.05) is 5.32 Å². The molecule has 0 saturated heterocycles. The molecule has 0 aliphatic heterocycles. The van der Waals surface area contributed by atoms with Gasteiger partial charge in [-0.1, -0.05) is 0 Å². The lowest BCUT2D eigenvalue weighted by molar-refractivity contribution is 0.102. The molecule has 0 unspecified atom stereocenters. The van der Waals surface area contributed by atoms with Gasteiger partial charge in [0.2, 0.25) is 0 Å². The van der Waals surface area contributed by atoms with Gasteiger partial charge < -0.3 is 15.3 Å². The number of nitrogens with one attached hydrogen (secondary N) is 3. The normalized spacial score (nSPS) is 10.7. The van der Waals surface area contributed by atoms with Crippen LogP contribution in [0.5, 0.6) is 0 Å². The fourth-order valence-electron chi connectivity index (χ4n) is 1.71. The number of hydrogen-bond acceptors (Lipinski definition) is 3. The molecule has 0 atom stereocenters. The Balaban J connectivity index is 1.91. The summed E-state index contributed by atoms with van der Waals surface area (Å²) in [6, 6.07) is 6.97. The molecule has 0 fully saturated rings. The van der Waals surface area contributed by atoms with Gasteiger partial charge in [-0.15, -0.1) is 0 Å². The van der Waals surface area contributed by atoms with Gasteiger partial charge in [-0.05, 0) is 29.6 Å². The third-order valence-electron chi connectivity index (χ3n) is 2.56. The Hall–Kier alpha value is -2.34. The Morgan fingerprint density at radius 3 is 2.78 bits per heavy atom. The van der Waals surface area contributed by atoms with E-state index in [1.807, 2.05) is 5.38 Å². The van der Waals surface area contributed by atoms with Crippen LogP contribution in [0.15, 0.2) is 39.8 Å². The maximum atomic E-state index is 11.8. The molecule has 1 aromatic carbocycles. The molecule has 90 valence electrons. The molecule has 6 heteroatoms. The van der Waals surface area contributed by atoms with Gasteiger partial charge in [-0.25, -0.2) is 4.79 Å². The second kappa shape index (κ2) is 4.15. The number of anilines is 1. The highest BCUT2D eigenvalue weighted by Crippen LogP contribution is 2.16. The van der Waals surface area contributed by atoms with Crippen LogP contribution in [0, 0.1) is 0 Å². The summed E-state index contributed by atoms with van der Waals surface area (Å²) in [6.45, 7) is 0. The van der Waals surface area contributed by atoms with E-state index in [2.05, 4.69) is 15.3 Å². The highest BCUT2D eigenvalue weighted by molar-refractivity contribution is 7.08.